The smallest absolute Gasteiger partial charge is 0.260 e. The van der Waals surface area contributed by atoms with Crippen LogP contribution >= 0.6 is 23.2 Å². The molecule has 9 nitrogen and oxygen atoms in total. The summed E-state index contributed by atoms with van der Waals surface area (Å²) < 4.78 is 20.8. The van der Waals surface area contributed by atoms with Crippen LogP contribution in [0, 0.1) is 29.5 Å². The number of anilines is 2. The Kier molecular flexibility index (Phi) is 8.58. The first kappa shape index (κ1) is 34.9. The number of fused-ring (bicyclic) bond motifs is 4. The topological polar surface area (TPSA) is 116 Å². The summed E-state index contributed by atoms with van der Waals surface area (Å²) >= 11 is 12.7. The van der Waals surface area contributed by atoms with Gasteiger partial charge in [0, 0.05) is 10.9 Å². The molecule has 2 aliphatic heterocycles. The first-order valence-corrected chi connectivity index (χ1v) is 18.1. The third-order valence-corrected chi connectivity index (χ3v) is 12.0. The average Bonchev–Trinajstić information content (AvgIpc) is 3.54. The van der Waals surface area contributed by atoms with Crippen LogP contribution in [0.15, 0.2) is 96.6 Å². The molecule has 53 heavy (non-hydrogen) atoms. The number of rotatable bonds is 7. The Balaban J connectivity index is 1.32. The molecule has 3 fully saturated rings. The molecule has 0 radical (unpaired) electrons. The molecule has 1 saturated carbocycles. The standard InChI is InChI=1S/C41H34Cl2FN3O6/c1-3-21-4-10-25(11-5-21)46-37(49)28-15-14-27-29(35(28)39(46)51)20-30-38(50)47(45-33-16-9-24(42)19-31(33)43)40(52)41(30,23-7-12-26(53-2)13-8-23)36(27)22-6-17-34(48)32(44)18-22/h4-14,16-19,28-30,35-36,45,48H,3,15,20H2,1-2H3/t28-,29+,30-,35-,36-,41+/m0/s1. The molecule has 4 aliphatic rings. The minimum Gasteiger partial charge on any atom is -0.505 e. The monoisotopic (exact) mass is 753 g/mol. The van der Waals surface area contributed by atoms with Gasteiger partial charge in [-0.1, -0.05) is 72.1 Å². The molecule has 0 aromatic heterocycles. The van der Waals surface area contributed by atoms with Crippen LogP contribution in [0.5, 0.6) is 11.5 Å². The second kappa shape index (κ2) is 13.0. The first-order chi connectivity index (χ1) is 25.5. The lowest BCUT2D eigenvalue weighted by Crippen LogP contribution is -2.53. The van der Waals surface area contributed by atoms with Crippen LogP contribution < -0.4 is 15.1 Å². The maximum absolute atomic E-state index is 15.4. The molecule has 2 saturated heterocycles. The molecule has 2 N–H and O–H groups in total. The number of aryl methyl sites for hydroxylation is 1. The number of methoxy groups -OCH3 is 1. The summed E-state index contributed by atoms with van der Waals surface area (Å²) in [5.74, 6) is -7.11. The number of hydrazine groups is 1. The van der Waals surface area contributed by atoms with E-state index in [4.69, 9.17) is 27.9 Å². The van der Waals surface area contributed by atoms with Crippen molar-refractivity contribution in [2.45, 2.75) is 37.5 Å². The predicted octanol–water partition coefficient (Wildman–Crippen LogP) is 7.60. The van der Waals surface area contributed by atoms with Crippen LogP contribution in [-0.2, 0) is 31.0 Å². The highest BCUT2D eigenvalue weighted by atomic mass is 35.5. The lowest BCUT2D eigenvalue weighted by Gasteiger charge is -2.50. The molecule has 12 heteroatoms. The third-order valence-electron chi connectivity index (χ3n) is 11.5. The maximum atomic E-state index is 15.4. The van der Waals surface area contributed by atoms with Crippen molar-refractivity contribution in [3.63, 3.8) is 0 Å². The zero-order chi connectivity index (χ0) is 37.3. The molecular weight excluding hydrogens is 720 g/mol. The van der Waals surface area contributed by atoms with E-state index in [-0.39, 0.29) is 35.4 Å². The number of halogens is 3. The van der Waals surface area contributed by atoms with Gasteiger partial charge < -0.3 is 9.84 Å². The predicted molar refractivity (Wildman–Crippen MR) is 197 cm³/mol. The Morgan fingerprint density at radius 2 is 1.64 bits per heavy atom. The van der Waals surface area contributed by atoms with Gasteiger partial charge in [-0.3, -0.25) is 29.5 Å². The lowest BCUT2D eigenvalue weighted by atomic mass is 9.49. The van der Waals surface area contributed by atoms with E-state index in [1.807, 2.05) is 25.1 Å². The Bertz CT molecular complexity index is 2230. The minimum atomic E-state index is -1.66. The molecule has 6 atom stereocenters. The van der Waals surface area contributed by atoms with E-state index in [1.54, 1.807) is 48.5 Å². The number of amides is 4. The lowest BCUT2D eigenvalue weighted by molar-refractivity contribution is -0.138. The SMILES string of the molecule is CCc1ccc(N2C(=O)[C@H]3[C@H](CC=C4[C@H]3C[C@H]3C(=O)N(Nc5ccc(Cl)cc5Cl)C(=O)[C@@]3(c3ccc(OC)cc3)[C@H]4c3ccc(O)c(F)c3)C2=O)cc1. The van der Waals surface area contributed by atoms with Crippen LogP contribution in [0.25, 0.3) is 0 Å². The van der Waals surface area contributed by atoms with Crippen molar-refractivity contribution in [1.29, 1.82) is 0 Å². The molecule has 2 heterocycles. The number of carbonyl (C=O) groups excluding carboxylic acids is 4. The fraction of sp³-hybridized carbons (Fsp3) is 0.268. The van der Waals surface area contributed by atoms with Crippen molar-refractivity contribution >= 4 is 58.2 Å². The summed E-state index contributed by atoms with van der Waals surface area (Å²) in [6.07, 6.45) is 2.94. The van der Waals surface area contributed by atoms with Gasteiger partial charge in [-0.25, -0.2) is 4.39 Å². The number of allylic oxidation sites excluding steroid dienone is 2. The number of carbonyl (C=O) groups is 4. The molecule has 4 aromatic rings. The number of nitrogens with one attached hydrogen (secondary N) is 1. The number of hydrogen-bond acceptors (Lipinski definition) is 7. The number of phenols is 1. The van der Waals surface area contributed by atoms with Gasteiger partial charge in [0.25, 0.3) is 11.8 Å². The van der Waals surface area contributed by atoms with E-state index in [0.29, 0.717) is 33.2 Å². The van der Waals surface area contributed by atoms with Gasteiger partial charge in [-0.15, -0.1) is 0 Å². The number of nitrogens with zero attached hydrogens (tertiary/aromatic N) is 2. The minimum absolute atomic E-state index is 0.0504. The molecule has 2 aliphatic carbocycles. The second-order valence-corrected chi connectivity index (χ2v) is 14.8. The molecule has 0 unspecified atom stereocenters. The summed E-state index contributed by atoms with van der Waals surface area (Å²) in [4.78, 5) is 59.9. The van der Waals surface area contributed by atoms with Gasteiger partial charge in [-0.05, 0) is 96.5 Å². The van der Waals surface area contributed by atoms with Crippen molar-refractivity contribution in [1.82, 2.24) is 5.01 Å². The Hall–Kier alpha value is -5.19. The van der Waals surface area contributed by atoms with Crippen LogP contribution in [0.1, 0.15) is 42.4 Å². The number of ether oxygens (including phenoxy) is 1. The van der Waals surface area contributed by atoms with Crippen molar-refractivity contribution in [3.05, 3.63) is 129 Å². The fourth-order valence-corrected chi connectivity index (χ4v) is 9.51. The molecule has 8 rings (SSSR count). The largest absolute Gasteiger partial charge is 0.505 e. The van der Waals surface area contributed by atoms with Gasteiger partial charge >= 0.3 is 0 Å². The molecule has 0 bridgehead atoms. The highest BCUT2D eigenvalue weighted by Crippen LogP contribution is 2.64. The van der Waals surface area contributed by atoms with Crippen LogP contribution in [0.3, 0.4) is 0 Å². The van der Waals surface area contributed by atoms with Gasteiger partial charge in [0.1, 0.15) is 5.75 Å². The number of phenolic OH excluding ortho intramolecular Hbond substituents is 1. The highest BCUT2D eigenvalue weighted by molar-refractivity contribution is 6.36. The van der Waals surface area contributed by atoms with Crippen molar-refractivity contribution in [2.75, 3.05) is 17.4 Å². The number of imide groups is 2. The maximum Gasteiger partial charge on any atom is 0.260 e. The highest BCUT2D eigenvalue weighted by Gasteiger charge is 2.70. The zero-order valence-electron chi connectivity index (χ0n) is 28.7. The second-order valence-electron chi connectivity index (χ2n) is 14.0. The molecule has 0 spiro atoms. The summed E-state index contributed by atoms with van der Waals surface area (Å²) in [7, 11) is 1.51. The van der Waals surface area contributed by atoms with E-state index >= 15 is 9.18 Å². The normalized spacial score (nSPS) is 26.3. The van der Waals surface area contributed by atoms with E-state index in [1.165, 1.54) is 36.3 Å². The van der Waals surface area contributed by atoms with Gasteiger partial charge in [0.15, 0.2) is 11.6 Å². The summed E-state index contributed by atoms with van der Waals surface area (Å²) in [5.41, 5.74) is 4.52. The van der Waals surface area contributed by atoms with Crippen molar-refractivity contribution < 1.29 is 33.4 Å². The zero-order valence-corrected chi connectivity index (χ0v) is 30.2. The summed E-state index contributed by atoms with van der Waals surface area (Å²) in [6.45, 7) is 2.02. The van der Waals surface area contributed by atoms with Gasteiger partial charge in [0.05, 0.1) is 46.7 Å². The fourth-order valence-electron chi connectivity index (χ4n) is 9.06. The van der Waals surface area contributed by atoms with Crippen molar-refractivity contribution in [3.8, 4) is 11.5 Å². The van der Waals surface area contributed by atoms with E-state index in [9.17, 15) is 19.5 Å². The number of aromatic hydroxyl groups is 1. The van der Waals surface area contributed by atoms with Crippen molar-refractivity contribution in [2.24, 2.45) is 23.7 Å². The van der Waals surface area contributed by atoms with Crippen LogP contribution in [-0.4, -0.2) is 40.9 Å². The van der Waals surface area contributed by atoms with Crippen LogP contribution in [0.2, 0.25) is 10.0 Å². The Morgan fingerprint density at radius 1 is 0.906 bits per heavy atom. The van der Waals surface area contributed by atoms with Gasteiger partial charge in [0.2, 0.25) is 11.8 Å². The quantitative estimate of drug-likeness (QED) is 0.148. The van der Waals surface area contributed by atoms with E-state index in [0.717, 1.165) is 17.0 Å². The number of benzene rings is 4. The van der Waals surface area contributed by atoms with E-state index < -0.39 is 58.4 Å². The molecule has 4 aromatic carbocycles. The third kappa shape index (κ3) is 5.25. The number of hydrogen-bond donors (Lipinski definition) is 2. The Labute approximate surface area is 314 Å². The molecule has 270 valence electrons. The molecule has 4 amide bonds. The summed E-state index contributed by atoms with van der Waals surface area (Å²) in [5, 5.41) is 11.7. The molecular formula is C41H34Cl2FN3O6. The average molecular weight is 755 g/mol. The summed E-state index contributed by atoms with van der Waals surface area (Å²) in [6, 6.07) is 22.7. The van der Waals surface area contributed by atoms with Crippen LogP contribution in [0.4, 0.5) is 15.8 Å². The van der Waals surface area contributed by atoms with E-state index in [2.05, 4.69) is 5.43 Å². The first-order valence-electron chi connectivity index (χ1n) is 17.4. The van der Waals surface area contributed by atoms with Gasteiger partial charge in [-0.2, -0.15) is 5.01 Å². The Morgan fingerprint density at radius 3 is 2.30 bits per heavy atom.